The van der Waals surface area contributed by atoms with Gasteiger partial charge in [-0.2, -0.15) is 0 Å². The molecule has 1 atom stereocenters. The summed E-state index contributed by atoms with van der Waals surface area (Å²) in [7, 11) is 0. The Kier molecular flexibility index (Phi) is 4.65. The highest BCUT2D eigenvalue weighted by Gasteiger charge is 2.18. The van der Waals surface area contributed by atoms with Crippen LogP contribution in [0.15, 0.2) is 36.0 Å². The summed E-state index contributed by atoms with van der Waals surface area (Å²) in [6, 6.07) is 4.36. The van der Waals surface area contributed by atoms with Gasteiger partial charge in [0.15, 0.2) is 0 Å². The number of fused-ring (bicyclic) bond motifs is 1. The normalized spacial score (nSPS) is 12.3. The first-order valence-corrected chi connectivity index (χ1v) is 6.86. The first-order chi connectivity index (χ1) is 9.97. The second-order valence-electron chi connectivity index (χ2n) is 5.33. The molecule has 0 saturated heterocycles. The Morgan fingerprint density at radius 2 is 2.19 bits per heavy atom. The maximum Gasteiger partial charge on any atom is 0.321 e. The van der Waals surface area contributed by atoms with E-state index in [4.69, 9.17) is 0 Å². The second kappa shape index (κ2) is 6.45. The largest absolute Gasteiger partial charge is 0.508 e. The van der Waals surface area contributed by atoms with Crippen molar-refractivity contribution in [1.82, 2.24) is 10.3 Å². The number of aromatic hydroxyl groups is 1. The Hall–Kier alpha value is -2.27. The molecule has 2 aromatic rings. The van der Waals surface area contributed by atoms with Crippen molar-refractivity contribution in [3.63, 3.8) is 0 Å². The zero-order valence-electron chi connectivity index (χ0n) is 12.2. The number of carboxylic acid groups (broad SMARTS) is 1. The van der Waals surface area contributed by atoms with Crippen LogP contribution >= 0.6 is 0 Å². The second-order valence-corrected chi connectivity index (χ2v) is 5.33. The molecule has 0 aliphatic rings. The lowest BCUT2D eigenvalue weighted by Crippen LogP contribution is -2.38. The molecule has 0 bridgehead atoms. The van der Waals surface area contributed by atoms with E-state index in [1.54, 1.807) is 24.4 Å². The van der Waals surface area contributed by atoms with Crippen molar-refractivity contribution < 1.29 is 15.0 Å². The van der Waals surface area contributed by atoms with Crippen LogP contribution in [0.4, 0.5) is 0 Å². The number of hydrogen-bond acceptors (Lipinski definition) is 3. The van der Waals surface area contributed by atoms with Gasteiger partial charge >= 0.3 is 5.97 Å². The van der Waals surface area contributed by atoms with Gasteiger partial charge in [0.25, 0.3) is 0 Å². The Morgan fingerprint density at radius 1 is 1.43 bits per heavy atom. The number of benzene rings is 1. The number of allylic oxidation sites excluding steroid dienone is 1. The van der Waals surface area contributed by atoms with E-state index in [0.717, 1.165) is 22.0 Å². The van der Waals surface area contributed by atoms with Crippen LogP contribution in [0.5, 0.6) is 5.75 Å². The van der Waals surface area contributed by atoms with Gasteiger partial charge < -0.3 is 20.5 Å². The number of H-pyrrole nitrogens is 1. The number of nitrogens with one attached hydrogen (secondary N) is 2. The molecule has 0 spiro atoms. The number of phenolic OH excluding ortho intramolecular Hbond substituents is 1. The highest BCUT2D eigenvalue weighted by Crippen LogP contribution is 2.23. The number of carboxylic acids is 1. The molecule has 2 rings (SSSR count). The smallest absolute Gasteiger partial charge is 0.321 e. The highest BCUT2D eigenvalue weighted by molar-refractivity contribution is 5.85. The van der Waals surface area contributed by atoms with Crippen molar-refractivity contribution in [2.75, 3.05) is 6.54 Å². The number of aromatic amines is 1. The third kappa shape index (κ3) is 3.86. The van der Waals surface area contributed by atoms with Gasteiger partial charge in [0.1, 0.15) is 11.8 Å². The molecule has 0 aliphatic heterocycles. The average Bonchev–Trinajstić information content (AvgIpc) is 2.79. The van der Waals surface area contributed by atoms with Gasteiger partial charge in [0.05, 0.1) is 0 Å². The molecule has 5 heteroatoms. The summed E-state index contributed by atoms with van der Waals surface area (Å²) in [5, 5.41) is 22.8. The van der Waals surface area contributed by atoms with Crippen LogP contribution < -0.4 is 5.32 Å². The predicted molar refractivity (Wildman–Crippen MR) is 82.5 cm³/mol. The van der Waals surface area contributed by atoms with Crippen molar-refractivity contribution in [2.24, 2.45) is 0 Å². The molecule has 21 heavy (non-hydrogen) atoms. The molecule has 1 aromatic heterocycles. The number of rotatable bonds is 6. The Bertz CT molecular complexity index is 669. The quantitative estimate of drug-likeness (QED) is 0.615. The number of hydrogen-bond donors (Lipinski definition) is 4. The van der Waals surface area contributed by atoms with E-state index in [0.29, 0.717) is 13.0 Å². The summed E-state index contributed by atoms with van der Waals surface area (Å²) in [4.78, 5) is 14.5. The van der Waals surface area contributed by atoms with Crippen molar-refractivity contribution in [3.8, 4) is 5.75 Å². The van der Waals surface area contributed by atoms with Crippen LogP contribution in [0.3, 0.4) is 0 Å². The lowest BCUT2D eigenvalue weighted by atomic mass is 10.0. The molecule has 0 saturated carbocycles. The third-order valence-electron chi connectivity index (χ3n) is 3.35. The van der Waals surface area contributed by atoms with Crippen molar-refractivity contribution in [3.05, 3.63) is 41.6 Å². The summed E-state index contributed by atoms with van der Waals surface area (Å²) in [5.41, 5.74) is 2.90. The van der Waals surface area contributed by atoms with Gasteiger partial charge in [-0.1, -0.05) is 11.6 Å². The molecule has 0 aliphatic carbocycles. The first-order valence-electron chi connectivity index (χ1n) is 6.86. The van der Waals surface area contributed by atoms with Crippen molar-refractivity contribution in [2.45, 2.75) is 26.3 Å². The zero-order valence-corrected chi connectivity index (χ0v) is 12.2. The van der Waals surface area contributed by atoms with E-state index in [1.807, 2.05) is 19.9 Å². The van der Waals surface area contributed by atoms with Crippen LogP contribution in [0.2, 0.25) is 0 Å². The molecule has 1 heterocycles. The molecule has 5 nitrogen and oxygen atoms in total. The zero-order chi connectivity index (χ0) is 15.4. The van der Waals surface area contributed by atoms with Crippen LogP contribution in [-0.4, -0.2) is 33.8 Å². The van der Waals surface area contributed by atoms with Gasteiger partial charge in [-0.25, -0.2) is 0 Å². The summed E-state index contributed by atoms with van der Waals surface area (Å²) in [5.74, 6) is -0.709. The van der Waals surface area contributed by atoms with Gasteiger partial charge in [-0.15, -0.1) is 0 Å². The van der Waals surface area contributed by atoms with Crippen LogP contribution in [0, 0.1) is 0 Å². The Labute approximate surface area is 123 Å². The summed E-state index contributed by atoms with van der Waals surface area (Å²) >= 11 is 0. The SMILES string of the molecule is CC(C)=CCNC(Cc1c[nH]c2ccc(O)cc12)C(=O)O. The summed E-state index contributed by atoms with van der Waals surface area (Å²) in [6.45, 7) is 4.46. The minimum Gasteiger partial charge on any atom is -0.508 e. The van der Waals surface area contributed by atoms with E-state index in [1.165, 1.54) is 0 Å². The van der Waals surface area contributed by atoms with E-state index in [9.17, 15) is 15.0 Å². The maximum atomic E-state index is 11.4. The third-order valence-corrected chi connectivity index (χ3v) is 3.35. The molecule has 0 amide bonds. The van der Waals surface area contributed by atoms with Crippen LogP contribution in [0.1, 0.15) is 19.4 Å². The summed E-state index contributed by atoms with van der Waals surface area (Å²) < 4.78 is 0. The van der Waals surface area contributed by atoms with Crippen molar-refractivity contribution >= 4 is 16.9 Å². The standard InChI is InChI=1S/C16H20N2O3/c1-10(2)5-6-17-15(16(20)21)7-11-9-18-14-4-3-12(19)8-13(11)14/h3-5,8-9,15,17-19H,6-7H2,1-2H3,(H,20,21). The Morgan fingerprint density at radius 3 is 2.86 bits per heavy atom. The topological polar surface area (TPSA) is 85.4 Å². The highest BCUT2D eigenvalue weighted by atomic mass is 16.4. The van der Waals surface area contributed by atoms with E-state index >= 15 is 0 Å². The van der Waals surface area contributed by atoms with E-state index in [2.05, 4.69) is 10.3 Å². The summed E-state index contributed by atoms with van der Waals surface area (Å²) in [6.07, 6.45) is 4.11. The van der Waals surface area contributed by atoms with Crippen molar-refractivity contribution in [1.29, 1.82) is 0 Å². The average molecular weight is 288 g/mol. The number of phenols is 1. The molecule has 112 valence electrons. The molecular weight excluding hydrogens is 268 g/mol. The lowest BCUT2D eigenvalue weighted by Gasteiger charge is -2.13. The van der Waals surface area contributed by atoms with Gasteiger partial charge in [0.2, 0.25) is 0 Å². The Balaban J connectivity index is 2.17. The fourth-order valence-corrected chi connectivity index (χ4v) is 2.21. The molecule has 4 N–H and O–H groups in total. The number of carbonyl (C=O) groups is 1. The van der Waals surface area contributed by atoms with E-state index < -0.39 is 12.0 Å². The molecule has 1 aromatic carbocycles. The van der Waals surface area contributed by atoms with Crippen LogP contribution in [0.25, 0.3) is 10.9 Å². The lowest BCUT2D eigenvalue weighted by molar-refractivity contribution is -0.139. The monoisotopic (exact) mass is 288 g/mol. The first kappa shape index (κ1) is 15.1. The molecule has 0 radical (unpaired) electrons. The van der Waals surface area contributed by atoms with E-state index in [-0.39, 0.29) is 5.75 Å². The van der Waals surface area contributed by atoms with Gasteiger partial charge in [0, 0.05) is 30.1 Å². The van der Waals surface area contributed by atoms with Crippen LogP contribution in [-0.2, 0) is 11.2 Å². The molecule has 1 unspecified atom stereocenters. The fraction of sp³-hybridized carbons (Fsp3) is 0.312. The molecular formula is C16H20N2O3. The molecule has 0 fully saturated rings. The maximum absolute atomic E-state index is 11.4. The van der Waals surface area contributed by atoms with Gasteiger partial charge in [-0.3, -0.25) is 4.79 Å². The van der Waals surface area contributed by atoms with Gasteiger partial charge in [-0.05, 0) is 37.6 Å². The number of aliphatic carboxylic acids is 1. The minimum absolute atomic E-state index is 0.174. The predicted octanol–water partition coefficient (Wildman–Crippen LogP) is 2.42. The minimum atomic E-state index is -0.883. The number of aromatic nitrogens is 1. The fourth-order valence-electron chi connectivity index (χ4n) is 2.21.